The molecule has 0 amide bonds. The van der Waals surface area contributed by atoms with E-state index in [1.807, 2.05) is 31.2 Å². The number of aryl methyl sites for hydroxylation is 1. The van der Waals surface area contributed by atoms with Crippen molar-refractivity contribution in [1.82, 2.24) is 0 Å². The molecule has 0 fully saturated rings. The molecule has 0 radical (unpaired) electrons. The third kappa shape index (κ3) is 2.24. The second-order valence-corrected chi connectivity index (χ2v) is 5.32. The largest absolute Gasteiger partial charge is 0.467 e. The minimum Gasteiger partial charge on any atom is -0.467 e. The molecule has 1 aromatic heterocycles. The number of nitrogens with two attached hydrogens (primary N) is 1. The van der Waals surface area contributed by atoms with Crippen LogP contribution in [-0.2, 0) is 0 Å². The predicted octanol–water partition coefficient (Wildman–Crippen LogP) is 4.16. The molecule has 0 aliphatic rings. The van der Waals surface area contributed by atoms with Gasteiger partial charge in [-0.25, -0.2) is 0 Å². The van der Waals surface area contributed by atoms with Gasteiger partial charge in [0.1, 0.15) is 5.76 Å². The summed E-state index contributed by atoms with van der Waals surface area (Å²) in [6.45, 7) is 2.04. The van der Waals surface area contributed by atoms with E-state index in [1.54, 1.807) is 6.26 Å². The number of hydrogen-bond acceptors (Lipinski definition) is 2. The molecule has 0 saturated heterocycles. The molecule has 1 heterocycles. The summed E-state index contributed by atoms with van der Waals surface area (Å²) in [5.41, 5.74) is 8.31. The van der Waals surface area contributed by atoms with Crippen LogP contribution in [-0.4, -0.2) is 0 Å². The lowest BCUT2D eigenvalue weighted by Gasteiger charge is -2.13. The van der Waals surface area contributed by atoms with Crippen LogP contribution in [0.5, 0.6) is 0 Å². The molecule has 1 atom stereocenters. The molecular formula is C12H11Br2NO. The zero-order chi connectivity index (χ0) is 11.7. The first-order valence-corrected chi connectivity index (χ1v) is 6.42. The lowest BCUT2D eigenvalue weighted by molar-refractivity contribution is 0.489. The zero-order valence-corrected chi connectivity index (χ0v) is 11.9. The molecule has 16 heavy (non-hydrogen) atoms. The highest BCUT2D eigenvalue weighted by atomic mass is 79.9. The van der Waals surface area contributed by atoms with E-state index in [0.29, 0.717) is 0 Å². The second kappa shape index (κ2) is 4.73. The van der Waals surface area contributed by atoms with Gasteiger partial charge in [0.05, 0.1) is 12.3 Å². The van der Waals surface area contributed by atoms with Gasteiger partial charge >= 0.3 is 0 Å². The van der Waals surface area contributed by atoms with Crippen molar-refractivity contribution in [3.05, 3.63) is 56.4 Å². The fourth-order valence-corrected chi connectivity index (χ4v) is 2.59. The third-order valence-corrected chi connectivity index (χ3v) is 4.00. The Morgan fingerprint density at radius 1 is 1.25 bits per heavy atom. The number of rotatable bonds is 2. The van der Waals surface area contributed by atoms with Crippen molar-refractivity contribution in [1.29, 1.82) is 0 Å². The minimum absolute atomic E-state index is 0.249. The molecular weight excluding hydrogens is 334 g/mol. The van der Waals surface area contributed by atoms with Crippen LogP contribution in [0.4, 0.5) is 0 Å². The van der Waals surface area contributed by atoms with Crippen molar-refractivity contribution in [2.75, 3.05) is 0 Å². The molecule has 2 nitrogen and oxygen atoms in total. The van der Waals surface area contributed by atoms with Gasteiger partial charge in [-0.1, -0.05) is 31.9 Å². The molecule has 0 saturated carbocycles. The molecule has 0 aliphatic carbocycles. The van der Waals surface area contributed by atoms with Gasteiger partial charge in [0, 0.05) is 8.95 Å². The number of hydrogen-bond donors (Lipinski definition) is 1. The van der Waals surface area contributed by atoms with Gasteiger partial charge in [-0.15, -0.1) is 0 Å². The van der Waals surface area contributed by atoms with Crippen LogP contribution in [0.1, 0.15) is 22.9 Å². The van der Waals surface area contributed by atoms with Gasteiger partial charge in [0.25, 0.3) is 0 Å². The maximum atomic E-state index is 6.14. The fourth-order valence-electron chi connectivity index (χ4n) is 1.52. The Morgan fingerprint density at radius 3 is 2.62 bits per heavy atom. The smallest absolute Gasteiger partial charge is 0.125 e. The maximum absolute atomic E-state index is 6.14. The quantitative estimate of drug-likeness (QED) is 0.888. The monoisotopic (exact) mass is 343 g/mol. The van der Waals surface area contributed by atoms with Gasteiger partial charge in [-0.05, 0) is 42.3 Å². The lowest BCUT2D eigenvalue weighted by Crippen LogP contribution is -2.11. The summed E-state index contributed by atoms with van der Waals surface area (Å²) in [4.78, 5) is 0. The molecule has 0 aliphatic heterocycles. The second-order valence-electron chi connectivity index (χ2n) is 3.62. The Morgan fingerprint density at radius 2 is 2.00 bits per heavy atom. The van der Waals surface area contributed by atoms with E-state index < -0.39 is 0 Å². The van der Waals surface area contributed by atoms with Crippen LogP contribution in [0.2, 0.25) is 0 Å². The zero-order valence-electron chi connectivity index (χ0n) is 8.71. The topological polar surface area (TPSA) is 39.2 Å². The van der Waals surface area contributed by atoms with Crippen LogP contribution >= 0.6 is 31.9 Å². The number of benzene rings is 1. The van der Waals surface area contributed by atoms with Crippen LogP contribution < -0.4 is 5.73 Å². The van der Waals surface area contributed by atoms with Crippen molar-refractivity contribution in [2.45, 2.75) is 13.0 Å². The van der Waals surface area contributed by atoms with Crippen molar-refractivity contribution < 1.29 is 4.42 Å². The van der Waals surface area contributed by atoms with Gasteiger partial charge in [-0.2, -0.15) is 0 Å². The molecule has 0 spiro atoms. The lowest BCUT2D eigenvalue weighted by atomic mass is 10.0. The molecule has 84 valence electrons. The summed E-state index contributed by atoms with van der Waals surface area (Å²) in [5, 5.41) is 0. The van der Waals surface area contributed by atoms with E-state index in [-0.39, 0.29) is 6.04 Å². The Hall–Kier alpha value is -0.580. The van der Waals surface area contributed by atoms with Crippen molar-refractivity contribution in [3.8, 4) is 0 Å². The van der Waals surface area contributed by atoms with Crippen LogP contribution in [0, 0.1) is 6.92 Å². The minimum atomic E-state index is -0.249. The third-order valence-electron chi connectivity index (χ3n) is 2.46. The fraction of sp³-hybridized carbons (Fsp3) is 0.167. The summed E-state index contributed by atoms with van der Waals surface area (Å²) in [7, 11) is 0. The highest BCUT2D eigenvalue weighted by molar-refractivity contribution is 9.11. The van der Waals surface area contributed by atoms with Crippen LogP contribution in [0.25, 0.3) is 0 Å². The highest BCUT2D eigenvalue weighted by Gasteiger charge is 2.15. The summed E-state index contributed by atoms with van der Waals surface area (Å²) in [5.74, 6) is 0.761. The molecule has 1 unspecified atom stereocenters. The summed E-state index contributed by atoms with van der Waals surface area (Å²) in [6.07, 6.45) is 1.63. The van der Waals surface area contributed by atoms with E-state index in [0.717, 1.165) is 20.3 Å². The highest BCUT2D eigenvalue weighted by Crippen LogP contribution is 2.31. The standard InChI is InChI=1S/C12H11Br2NO/c1-7-5-10(14)8(6-9(7)13)12(15)11-3-2-4-16-11/h2-6,12H,15H2,1H3. The molecule has 1 aromatic carbocycles. The van der Waals surface area contributed by atoms with E-state index in [1.165, 1.54) is 5.56 Å². The molecule has 4 heteroatoms. The first kappa shape index (κ1) is 11.9. The summed E-state index contributed by atoms with van der Waals surface area (Å²) >= 11 is 7.03. The van der Waals surface area contributed by atoms with Crippen molar-refractivity contribution >= 4 is 31.9 Å². The number of halogens is 2. The average molecular weight is 345 g/mol. The van der Waals surface area contributed by atoms with E-state index in [9.17, 15) is 0 Å². The predicted molar refractivity (Wildman–Crippen MR) is 71.3 cm³/mol. The molecule has 2 N–H and O–H groups in total. The van der Waals surface area contributed by atoms with E-state index in [2.05, 4.69) is 31.9 Å². The van der Waals surface area contributed by atoms with E-state index in [4.69, 9.17) is 10.2 Å². The van der Waals surface area contributed by atoms with E-state index >= 15 is 0 Å². The van der Waals surface area contributed by atoms with Crippen LogP contribution in [0.3, 0.4) is 0 Å². The van der Waals surface area contributed by atoms with Crippen LogP contribution in [0.15, 0.2) is 43.9 Å². The average Bonchev–Trinajstić information content (AvgIpc) is 2.75. The Labute approximate surface area is 111 Å². The Bertz CT molecular complexity index is 494. The van der Waals surface area contributed by atoms with Gasteiger partial charge in [0.15, 0.2) is 0 Å². The molecule has 0 bridgehead atoms. The molecule has 2 rings (SSSR count). The van der Waals surface area contributed by atoms with Crippen molar-refractivity contribution in [3.63, 3.8) is 0 Å². The van der Waals surface area contributed by atoms with Gasteiger partial charge in [-0.3, -0.25) is 0 Å². The first-order chi connectivity index (χ1) is 7.59. The SMILES string of the molecule is Cc1cc(Br)c(C(N)c2ccco2)cc1Br. The van der Waals surface area contributed by atoms with Gasteiger partial charge in [0.2, 0.25) is 0 Å². The molecule has 2 aromatic rings. The first-order valence-electron chi connectivity index (χ1n) is 4.84. The normalized spacial score (nSPS) is 12.8. The summed E-state index contributed by atoms with van der Waals surface area (Å²) in [6, 6.07) is 7.53. The Kier molecular flexibility index (Phi) is 3.52. The Balaban J connectivity index is 2.44. The number of furan rings is 1. The summed E-state index contributed by atoms with van der Waals surface area (Å²) < 4.78 is 7.36. The van der Waals surface area contributed by atoms with Gasteiger partial charge < -0.3 is 10.2 Å². The van der Waals surface area contributed by atoms with Crippen molar-refractivity contribution in [2.24, 2.45) is 5.73 Å². The maximum Gasteiger partial charge on any atom is 0.125 e.